The number of aryl methyl sites for hydroxylation is 1. The standard InChI is InChI=1S/C26H30O4/c1-17(2)13-16-26(5)19-14-15-25(3,4)30-23(19)22(28)21(24(26)29)20(27)12-11-18-9-7-6-8-10-18/h6-10,13-15,28H,11-12,16H2,1-5H3. The maximum atomic E-state index is 13.5. The fraction of sp³-hybridized carbons (Fsp3) is 0.385. The number of allylic oxidation sites excluding steroid dienone is 5. The van der Waals surface area contributed by atoms with Crippen molar-refractivity contribution in [2.24, 2.45) is 5.41 Å². The van der Waals surface area contributed by atoms with Crippen molar-refractivity contribution < 1.29 is 19.4 Å². The maximum Gasteiger partial charge on any atom is 0.181 e. The largest absolute Gasteiger partial charge is 0.504 e. The molecule has 1 aromatic rings. The summed E-state index contributed by atoms with van der Waals surface area (Å²) in [6.07, 6.45) is 6.82. The number of ether oxygens (including phenoxy) is 1. The van der Waals surface area contributed by atoms with Crippen molar-refractivity contribution in [1.29, 1.82) is 0 Å². The van der Waals surface area contributed by atoms with Crippen LogP contribution >= 0.6 is 0 Å². The SMILES string of the molecule is CC(C)=CCC1(C)C(=O)C(C(=O)CCc2ccccc2)=C(O)C2=C1C=CC(C)(C)O2. The van der Waals surface area contributed by atoms with Gasteiger partial charge in [-0.1, -0.05) is 48.1 Å². The zero-order chi connectivity index (χ0) is 22.1. The van der Waals surface area contributed by atoms with E-state index in [2.05, 4.69) is 0 Å². The molecule has 0 saturated heterocycles. The Morgan fingerprint density at radius 3 is 2.43 bits per heavy atom. The van der Waals surface area contributed by atoms with Crippen LogP contribution < -0.4 is 0 Å². The Labute approximate surface area is 178 Å². The van der Waals surface area contributed by atoms with Crippen LogP contribution in [0.15, 0.2) is 76.8 Å². The third kappa shape index (κ3) is 4.18. The second-order valence-electron chi connectivity index (χ2n) is 9.06. The van der Waals surface area contributed by atoms with Gasteiger partial charge in [0.2, 0.25) is 0 Å². The zero-order valence-electron chi connectivity index (χ0n) is 18.4. The van der Waals surface area contributed by atoms with E-state index in [-0.39, 0.29) is 35.1 Å². The summed E-state index contributed by atoms with van der Waals surface area (Å²) in [6, 6.07) is 9.64. The summed E-state index contributed by atoms with van der Waals surface area (Å²) >= 11 is 0. The first kappa shape index (κ1) is 21.8. The predicted octanol–water partition coefficient (Wildman–Crippen LogP) is 5.56. The van der Waals surface area contributed by atoms with Crippen LogP contribution in [-0.2, 0) is 20.7 Å². The van der Waals surface area contributed by atoms with E-state index in [1.54, 1.807) is 0 Å². The number of ketones is 2. The van der Waals surface area contributed by atoms with E-state index in [9.17, 15) is 14.7 Å². The van der Waals surface area contributed by atoms with Crippen LogP contribution in [-0.4, -0.2) is 22.3 Å². The lowest BCUT2D eigenvalue weighted by molar-refractivity contribution is -0.127. The number of rotatable bonds is 6. The summed E-state index contributed by atoms with van der Waals surface area (Å²) in [6.45, 7) is 9.53. The molecule has 1 unspecified atom stereocenters. The third-order valence-electron chi connectivity index (χ3n) is 5.72. The van der Waals surface area contributed by atoms with Crippen molar-refractivity contribution in [3.05, 3.63) is 82.4 Å². The Morgan fingerprint density at radius 1 is 1.13 bits per heavy atom. The number of Topliss-reactive ketones (excluding diaryl/α,β-unsaturated/α-hetero) is 2. The van der Waals surface area contributed by atoms with Crippen molar-refractivity contribution in [2.45, 2.75) is 59.5 Å². The first-order valence-corrected chi connectivity index (χ1v) is 10.4. The Kier molecular flexibility index (Phi) is 5.89. The van der Waals surface area contributed by atoms with E-state index in [0.717, 1.165) is 11.1 Å². The molecule has 1 N–H and O–H groups in total. The molecular formula is C26H30O4. The quantitative estimate of drug-likeness (QED) is 0.496. The minimum atomic E-state index is -0.969. The second-order valence-corrected chi connectivity index (χ2v) is 9.06. The van der Waals surface area contributed by atoms with Gasteiger partial charge in [0.25, 0.3) is 0 Å². The molecule has 1 aliphatic heterocycles. The lowest BCUT2D eigenvalue weighted by atomic mass is 9.67. The molecule has 0 aromatic heterocycles. The van der Waals surface area contributed by atoms with Crippen molar-refractivity contribution in [3.8, 4) is 0 Å². The van der Waals surface area contributed by atoms with Gasteiger partial charge in [0.15, 0.2) is 23.1 Å². The molecule has 4 heteroatoms. The molecule has 30 heavy (non-hydrogen) atoms. The Hall–Kier alpha value is -2.88. The lowest BCUT2D eigenvalue weighted by Gasteiger charge is -2.40. The smallest absolute Gasteiger partial charge is 0.181 e. The Balaban J connectivity index is 2.02. The number of aliphatic hydroxyl groups is 1. The second kappa shape index (κ2) is 8.10. The molecule has 0 radical (unpaired) electrons. The van der Waals surface area contributed by atoms with Crippen LogP contribution in [0.4, 0.5) is 0 Å². The van der Waals surface area contributed by atoms with E-state index in [0.29, 0.717) is 18.4 Å². The first-order chi connectivity index (χ1) is 14.0. The lowest BCUT2D eigenvalue weighted by Crippen LogP contribution is -2.41. The monoisotopic (exact) mass is 406 g/mol. The van der Waals surface area contributed by atoms with Gasteiger partial charge in [-0.15, -0.1) is 0 Å². The summed E-state index contributed by atoms with van der Waals surface area (Å²) < 4.78 is 6.04. The molecule has 1 heterocycles. The molecular weight excluding hydrogens is 376 g/mol. The van der Waals surface area contributed by atoms with E-state index >= 15 is 0 Å². The summed E-state index contributed by atoms with van der Waals surface area (Å²) in [5.41, 5.74) is 0.982. The van der Waals surface area contributed by atoms with Crippen molar-refractivity contribution >= 4 is 11.6 Å². The van der Waals surface area contributed by atoms with Gasteiger partial charge in [0, 0.05) is 12.0 Å². The maximum absolute atomic E-state index is 13.5. The summed E-state index contributed by atoms with van der Waals surface area (Å²) in [7, 11) is 0. The van der Waals surface area contributed by atoms with Crippen molar-refractivity contribution in [3.63, 3.8) is 0 Å². The van der Waals surface area contributed by atoms with E-state index < -0.39 is 11.0 Å². The van der Waals surface area contributed by atoms with Crippen LogP contribution in [0, 0.1) is 5.41 Å². The molecule has 0 bridgehead atoms. The summed E-state index contributed by atoms with van der Waals surface area (Å²) in [5, 5.41) is 10.9. The van der Waals surface area contributed by atoms with Gasteiger partial charge in [0.1, 0.15) is 11.2 Å². The summed E-state index contributed by atoms with van der Waals surface area (Å²) in [5.74, 6) is -0.787. The number of hydrogen-bond donors (Lipinski definition) is 1. The van der Waals surface area contributed by atoms with Crippen LogP contribution in [0.5, 0.6) is 0 Å². The number of carbonyl (C=O) groups excluding carboxylic acids is 2. The van der Waals surface area contributed by atoms with Gasteiger partial charge in [-0.05, 0) is 59.1 Å². The Morgan fingerprint density at radius 2 is 1.80 bits per heavy atom. The highest BCUT2D eigenvalue weighted by Crippen LogP contribution is 2.47. The fourth-order valence-corrected chi connectivity index (χ4v) is 3.84. The normalized spacial score (nSPS) is 22.5. The van der Waals surface area contributed by atoms with Gasteiger partial charge in [-0.3, -0.25) is 9.59 Å². The van der Waals surface area contributed by atoms with Crippen LogP contribution in [0.3, 0.4) is 0 Å². The number of aliphatic hydroxyl groups excluding tert-OH is 1. The molecule has 158 valence electrons. The van der Waals surface area contributed by atoms with E-state index in [1.165, 1.54) is 0 Å². The van der Waals surface area contributed by atoms with Crippen molar-refractivity contribution in [2.75, 3.05) is 0 Å². The molecule has 2 aliphatic rings. The van der Waals surface area contributed by atoms with E-state index in [4.69, 9.17) is 4.74 Å². The van der Waals surface area contributed by atoms with Crippen LogP contribution in [0.2, 0.25) is 0 Å². The minimum absolute atomic E-state index is 0.138. The molecule has 3 rings (SSSR count). The number of hydrogen-bond acceptors (Lipinski definition) is 4. The predicted molar refractivity (Wildman–Crippen MR) is 118 cm³/mol. The average Bonchev–Trinajstić information content (AvgIpc) is 2.69. The topological polar surface area (TPSA) is 63.6 Å². The van der Waals surface area contributed by atoms with Gasteiger partial charge in [-0.25, -0.2) is 0 Å². The van der Waals surface area contributed by atoms with Gasteiger partial charge in [-0.2, -0.15) is 0 Å². The minimum Gasteiger partial charge on any atom is -0.504 e. The van der Waals surface area contributed by atoms with Gasteiger partial charge < -0.3 is 9.84 Å². The zero-order valence-corrected chi connectivity index (χ0v) is 18.4. The highest BCUT2D eigenvalue weighted by atomic mass is 16.5. The van der Waals surface area contributed by atoms with Gasteiger partial charge >= 0.3 is 0 Å². The molecule has 0 saturated carbocycles. The van der Waals surface area contributed by atoms with Crippen LogP contribution in [0.25, 0.3) is 0 Å². The molecule has 1 aliphatic carbocycles. The van der Waals surface area contributed by atoms with E-state index in [1.807, 2.05) is 83.2 Å². The average molecular weight is 407 g/mol. The molecule has 0 spiro atoms. The molecule has 1 atom stereocenters. The Bertz CT molecular complexity index is 985. The summed E-state index contributed by atoms with van der Waals surface area (Å²) in [4.78, 5) is 26.7. The highest BCUT2D eigenvalue weighted by Gasteiger charge is 2.49. The number of carbonyl (C=O) groups is 2. The molecule has 0 fully saturated rings. The third-order valence-corrected chi connectivity index (χ3v) is 5.72. The fourth-order valence-electron chi connectivity index (χ4n) is 3.84. The molecule has 0 amide bonds. The van der Waals surface area contributed by atoms with Gasteiger partial charge in [0.05, 0.1) is 5.41 Å². The highest BCUT2D eigenvalue weighted by molar-refractivity contribution is 6.24. The van der Waals surface area contributed by atoms with Crippen LogP contribution in [0.1, 0.15) is 53.0 Å². The number of benzene rings is 1. The molecule has 4 nitrogen and oxygen atoms in total. The van der Waals surface area contributed by atoms with Crippen molar-refractivity contribution in [1.82, 2.24) is 0 Å². The molecule has 1 aromatic carbocycles. The first-order valence-electron chi connectivity index (χ1n) is 10.4.